The summed E-state index contributed by atoms with van der Waals surface area (Å²) in [4.78, 5) is 12.4. The molecule has 0 saturated carbocycles. The van der Waals surface area contributed by atoms with Crippen molar-refractivity contribution in [3.05, 3.63) is 69.8 Å². The summed E-state index contributed by atoms with van der Waals surface area (Å²) in [7, 11) is -3.69. The lowest BCUT2D eigenvalue weighted by Gasteiger charge is -2.18. The third-order valence-electron chi connectivity index (χ3n) is 3.44. The Morgan fingerprint density at radius 3 is 2.48 bits per heavy atom. The third kappa shape index (κ3) is 2.92. The van der Waals surface area contributed by atoms with Gasteiger partial charge >= 0.3 is 0 Å². The Morgan fingerprint density at radius 1 is 1.04 bits per heavy atom. The molecule has 1 heterocycles. The quantitative estimate of drug-likeness (QED) is 0.734. The summed E-state index contributed by atoms with van der Waals surface area (Å²) < 4.78 is 50.8. The average Bonchev–Trinajstić information content (AvgIpc) is 2.48. The Hall–Kier alpha value is -2.05. The normalized spacial score (nSPS) is 18.0. The summed E-state index contributed by atoms with van der Waals surface area (Å²) in [6, 6.07) is 7.05. The van der Waals surface area contributed by atoms with Crippen molar-refractivity contribution >= 4 is 33.3 Å². The molecule has 0 aromatic heterocycles. The molecule has 0 unspecified atom stereocenters. The van der Waals surface area contributed by atoms with E-state index in [1.54, 1.807) is 0 Å². The van der Waals surface area contributed by atoms with Gasteiger partial charge in [-0.3, -0.25) is 4.79 Å². The zero-order valence-electron chi connectivity index (χ0n) is 11.5. The van der Waals surface area contributed by atoms with Crippen LogP contribution in [0.15, 0.2) is 46.9 Å². The molecule has 0 amide bonds. The number of benzene rings is 2. The zero-order valence-corrected chi connectivity index (χ0v) is 13.1. The fourth-order valence-corrected chi connectivity index (χ4v) is 4.10. The maximum atomic E-state index is 13.2. The molecule has 2 aromatic carbocycles. The van der Waals surface area contributed by atoms with E-state index in [0.717, 1.165) is 12.1 Å². The fraction of sp³-hybridized carbons (Fsp3) is 0.0625. The van der Waals surface area contributed by atoms with E-state index in [2.05, 4.69) is 0 Å². The molecule has 3 nitrogen and oxygen atoms in total. The zero-order chi connectivity index (χ0) is 16.8. The van der Waals surface area contributed by atoms with Crippen molar-refractivity contribution < 1.29 is 22.0 Å². The SMILES string of the molecule is O=C1/C(=C/c2ccc(F)c(F)c2)CS(=O)(=O)c2ccc(Cl)cc21. The van der Waals surface area contributed by atoms with E-state index in [0.29, 0.717) is 0 Å². The number of rotatable bonds is 1. The molecule has 1 aliphatic rings. The van der Waals surface area contributed by atoms with Crippen molar-refractivity contribution in [3.63, 3.8) is 0 Å². The maximum absolute atomic E-state index is 13.2. The minimum atomic E-state index is -3.69. The number of carbonyl (C=O) groups excluding carboxylic acids is 1. The van der Waals surface area contributed by atoms with Gasteiger partial charge in [0.1, 0.15) is 0 Å². The number of hydrogen-bond acceptors (Lipinski definition) is 3. The molecule has 0 aliphatic carbocycles. The van der Waals surface area contributed by atoms with Crippen LogP contribution >= 0.6 is 11.6 Å². The van der Waals surface area contributed by atoms with Crippen molar-refractivity contribution in [2.45, 2.75) is 4.90 Å². The van der Waals surface area contributed by atoms with Gasteiger partial charge in [-0.05, 0) is 42.0 Å². The van der Waals surface area contributed by atoms with E-state index in [1.807, 2.05) is 0 Å². The number of fused-ring (bicyclic) bond motifs is 1. The number of carbonyl (C=O) groups is 1. The number of ketones is 1. The molecule has 2 aromatic rings. The maximum Gasteiger partial charge on any atom is 0.191 e. The summed E-state index contributed by atoms with van der Waals surface area (Å²) in [6.45, 7) is 0. The second-order valence-electron chi connectivity index (χ2n) is 5.07. The standard InChI is InChI=1S/C16H9ClF2O3S/c17-11-2-4-15-12(7-11)16(20)10(8-23(15,21)22)5-9-1-3-13(18)14(19)6-9/h1-7H,8H2/b10-5+. The fourth-order valence-electron chi connectivity index (χ4n) is 2.38. The van der Waals surface area contributed by atoms with Gasteiger partial charge in [-0.25, -0.2) is 17.2 Å². The van der Waals surface area contributed by atoms with Crippen molar-refractivity contribution in [2.24, 2.45) is 0 Å². The lowest BCUT2D eigenvalue weighted by atomic mass is 10.0. The number of Topliss-reactive ketones (excluding diaryl/α,β-unsaturated/α-hetero) is 1. The third-order valence-corrected chi connectivity index (χ3v) is 5.40. The first-order valence-electron chi connectivity index (χ1n) is 6.50. The van der Waals surface area contributed by atoms with E-state index in [4.69, 9.17) is 11.6 Å². The summed E-state index contributed by atoms with van der Waals surface area (Å²) in [5, 5.41) is 0.237. The van der Waals surface area contributed by atoms with Crippen LogP contribution in [0.5, 0.6) is 0 Å². The smallest absolute Gasteiger partial charge is 0.191 e. The minimum absolute atomic E-state index is 0.0161. The van der Waals surface area contributed by atoms with Crippen LogP contribution in [-0.2, 0) is 9.84 Å². The first kappa shape index (κ1) is 15.8. The summed E-state index contributed by atoms with van der Waals surface area (Å²) in [5.41, 5.74) is 0.163. The van der Waals surface area contributed by atoms with E-state index < -0.39 is 33.0 Å². The predicted octanol–water partition coefficient (Wildman–Crippen LogP) is 3.67. The Labute approximate surface area is 136 Å². The van der Waals surface area contributed by atoms with Crippen LogP contribution in [0, 0.1) is 11.6 Å². The van der Waals surface area contributed by atoms with Crippen LogP contribution in [0.2, 0.25) is 5.02 Å². The summed E-state index contributed by atoms with van der Waals surface area (Å²) >= 11 is 5.82. The van der Waals surface area contributed by atoms with Gasteiger partial charge in [0.25, 0.3) is 0 Å². The summed E-state index contributed by atoms with van der Waals surface area (Å²) in [6.07, 6.45) is 1.24. The van der Waals surface area contributed by atoms with Gasteiger partial charge in [0, 0.05) is 16.2 Å². The Morgan fingerprint density at radius 2 is 1.78 bits per heavy atom. The molecule has 118 valence electrons. The van der Waals surface area contributed by atoms with E-state index in [9.17, 15) is 22.0 Å². The highest BCUT2D eigenvalue weighted by molar-refractivity contribution is 7.91. The highest BCUT2D eigenvalue weighted by Gasteiger charge is 2.32. The molecule has 0 bridgehead atoms. The van der Waals surface area contributed by atoms with Gasteiger partial charge < -0.3 is 0 Å². The van der Waals surface area contributed by atoms with Crippen molar-refractivity contribution in [2.75, 3.05) is 5.75 Å². The molecule has 0 spiro atoms. The first-order chi connectivity index (χ1) is 10.8. The molecule has 0 N–H and O–H groups in total. The van der Waals surface area contributed by atoms with Crippen LogP contribution in [0.3, 0.4) is 0 Å². The first-order valence-corrected chi connectivity index (χ1v) is 8.53. The Kier molecular flexibility index (Phi) is 3.82. The van der Waals surface area contributed by atoms with E-state index in [1.165, 1.54) is 30.3 Å². The van der Waals surface area contributed by atoms with Gasteiger partial charge in [-0.2, -0.15) is 0 Å². The van der Waals surface area contributed by atoms with Crippen LogP contribution in [0.1, 0.15) is 15.9 Å². The van der Waals surface area contributed by atoms with Gasteiger partial charge in [-0.15, -0.1) is 0 Å². The molecule has 23 heavy (non-hydrogen) atoms. The highest BCUT2D eigenvalue weighted by Crippen LogP contribution is 2.31. The topological polar surface area (TPSA) is 51.2 Å². The van der Waals surface area contributed by atoms with E-state index in [-0.39, 0.29) is 26.6 Å². The summed E-state index contributed by atoms with van der Waals surface area (Å²) in [5.74, 6) is -3.10. The Bertz CT molecular complexity index is 965. The second-order valence-corrected chi connectivity index (χ2v) is 7.47. The second kappa shape index (κ2) is 5.54. The predicted molar refractivity (Wildman–Crippen MR) is 82.2 cm³/mol. The number of halogens is 3. The molecule has 0 saturated heterocycles. The molecule has 3 rings (SSSR count). The lowest BCUT2D eigenvalue weighted by molar-refractivity contribution is 0.103. The molecule has 0 fully saturated rings. The van der Waals surface area contributed by atoms with Gasteiger partial charge in [0.2, 0.25) is 0 Å². The van der Waals surface area contributed by atoms with Gasteiger partial charge in [-0.1, -0.05) is 17.7 Å². The van der Waals surface area contributed by atoms with Crippen LogP contribution in [0.4, 0.5) is 8.78 Å². The lowest BCUT2D eigenvalue weighted by Crippen LogP contribution is -2.24. The van der Waals surface area contributed by atoms with Gasteiger partial charge in [0.05, 0.1) is 10.6 Å². The average molecular weight is 355 g/mol. The van der Waals surface area contributed by atoms with Gasteiger partial charge in [0.15, 0.2) is 27.3 Å². The van der Waals surface area contributed by atoms with Crippen molar-refractivity contribution in [3.8, 4) is 0 Å². The monoisotopic (exact) mass is 354 g/mol. The Balaban J connectivity index is 2.14. The van der Waals surface area contributed by atoms with Crippen molar-refractivity contribution in [1.29, 1.82) is 0 Å². The minimum Gasteiger partial charge on any atom is -0.289 e. The number of sulfone groups is 1. The van der Waals surface area contributed by atoms with Crippen molar-refractivity contribution in [1.82, 2.24) is 0 Å². The molecular weight excluding hydrogens is 346 g/mol. The molecule has 7 heteroatoms. The molecule has 0 atom stereocenters. The molecular formula is C16H9ClF2O3S. The van der Waals surface area contributed by atoms with E-state index >= 15 is 0 Å². The number of hydrogen-bond donors (Lipinski definition) is 0. The largest absolute Gasteiger partial charge is 0.289 e. The highest BCUT2D eigenvalue weighted by atomic mass is 35.5. The van der Waals surface area contributed by atoms with Crippen LogP contribution < -0.4 is 0 Å². The van der Waals surface area contributed by atoms with Crippen LogP contribution in [0.25, 0.3) is 6.08 Å². The molecule has 1 aliphatic heterocycles. The molecule has 0 radical (unpaired) electrons. The van der Waals surface area contributed by atoms with Crippen LogP contribution in [-0.4, -0.2) is 20.0 Å².